The van der Waals surface area contributed by atoms with Gasteiger partial charge < -0.3 is 19.6 Å². The van der Waals surface area contributed by atoms with Crippen molar-refractivity contribution in [2.75, 3.05) is 39.6 Å². The lowest BCUT2D eigenvalue weighted by Crippen LogP contribution is -2.30. The largest absolute Gasteiger partial charge is 0.386 e. The third-order valence-electron chi connectivity index (χ3n) is 2.30. The molecule has 0 spiro atoms. The van der Waals surface area contributed by atoms with E-state index >= 15 is 0 Å². The normalized spacial score (nSPS) is 10.0. The van der Waals surface area contributed by atoms with Gasteiger partial charge in [-0.15, -0.1) is 0 Å². The molecule has 0 aromatic heterocycles. The number of ketones is 1. The molecule has 0 aliphatic rings. The van der Waals surface area contributed by atoms with E-state index in [2.05, 4.69) is 10.5 Å². The average Bonchev–Trinajstić information content (AvgIpc) is 2.44. The Balaban J connectivity index is 3.27. The van der Waals surface area contributed by atoms with Gasteiger partial charge in [0.2, 0.25) is 0 Å². The molecule has 0 aliphatic heterocycles. The summed E-state index contributed by atoms with van der Waals surface area (Å²) >= 11 is 0. The molecule has 1 N–H and O–H groups in total. The van der Waals surface area contributed by atoms with Gasteiger partial charge in [0.15, 0.2) is 6.61 Å². The highest BCUT2D eigenvalue weighted by Gasteiger charge is 2.00. The first kappa shape index (κ1) is 19.5. The summed E-state index contributed by atoms with van der Waals surface area (Å²) in [6.45, 7) is 7.43. The van der Waals surface area contributed by atoms with Crippen molar-refractivity contribution < 1.29 is 23.9 Å². The van der Waals surface area contributed by atoms with Gasteiger partial charge >= 0.3 is 0 Å². The fraction of sp³-hybridized carbons (Fsp3) is 0.786. The zero-order valence-corrected chi connectivity index (χ0v) is 13.1. The maximum Gasteiger partial charge on any atom is 0.260 e. The van der Waals surface area contributed by atoms with Crippen molar-refractivity contribution in [3.8, 4) is 0 Å². The maximum atomic E-state index is 11.3. The minimum absolute atomic E-state index is 0.0975. The molecule has 21 heavy (non-hydrogen) atoms. The van der Waals surface area contributed by atoms with Crippen LogP contribution in [-0.4, -0.2) is 57.0 Å². The number of amides is 1. The lowest BCUT2D eigenvalue weighted by molar-refractivity contribution is -0.125. The molecule has 1 amide bonds. The van der Waals surface area contributed by atoms with E-state index in [1.807, 2.05) is 6.92 Å². The highest BCUT2D eigenvalue weighted by Crippen LogP contribution is 1.89. The average molecular weight is 302 g/mol. The van der Waals surface area contributed by atoms with Gasteiger partial charge in [-0.1, -0.05) is 12.1 Å². The molecule has 0 aliphatic carbocycles. The van der Waals surface area contributed by atoms with Crippen LogP contribution >= 0.6 is 0 Å². The number of hydrogen-bond acceptors (Lipinski definition) is 6. The zero-order valence-electron chi connectivity index (χ0n) is 13.1. The van der Waals surface area contributed by atoms with E-state index < -0.39 is 0 Å². The monoisotopic (exact) mass is 302 g/mol. The SMILES string of the molecule is CCC(=O)CCOCCOCCNC(=O)CON=C(C)C. The fourth-order valence-electron chi connectivity index (χ4n) is 1.22. The van der Waals surface area contributed by atoms with E-state index in [1.54, 1.807) is 13.8 Å². The van der Waals surface area contributed by atoms with Crippen LogP contribution in [-0.2, 0) is 23.9 Å². The van der Waals surface area contributed by atoms with Crippen LogP contribution in [0.1, 0.15) is 33.6 Å². The molecule has 0 rings (SSSR count). The summed E-state index contributed by atoms with van der Waals surface area (Å²) in [6.07, 6.45) is 0.999. The molecule has 122 valence electrons. The summed E-state index contributed by atoms with van der Waals surface area (Å²) in [5.74, 6) is -0.0404. The molecule has 7 heteroatoms. The summed E-state index contributed by atoms with van der Waals surface area (Å²) in [5.41, 5.74) is 0.756. The second-order valence-corrected chi connectivity index (χ2v) is 4.53. The number of Topliss-reactive ketones (excluding diaryl/α,β-unsaturated/α-hetero) is 1. The van der Waals surface area contributed by atoms with Crippen molar-refractivity contribution in [1.29, 1.82) is 0 Å². The quantitative estimate of drug-likeness (QED) is 0.310. The van der Waals surface area contributed by atoms with Crippen LogP contribution in [0.15, 0.2) is 5.16 Å². The van der Waals surface area contributed by atoms with Crippen molar-refractivity contribution in [3.63, 3.8) is 0 Å². The predicted molar refractivity (Wildman–Crippen MR) is 79.3 cm³/mol. The number of oxime groups is 1. The van der Waals surface area contributed by atoms with Gasteiger partial charge in [-0.2, -0.15) is 0 Å². The first-order valence-corrected chi connectivity index (χ1v) is 7.13. The molecule has 0 saturated carbocycles. The topological polar surface area (TPSA) is 86.2 Å². The van der Waals surface area contributed by atoms with Gasteiger partial charge in [-0.05, 0) is 13.8 Å². The molecule has 0 aromatic rings. The molecule has 0 unspecified atom stereocenters. The highest BCUT2D eigenvalue weighted by atomic mass is 16.6. The van der Waals surface area contributed by atoms with Crippen molar-refractivity contribution in [2.24, 2.45) is 5.16 Å². The van der Waals surface area contributed by atoms with E-state index in [0.717, 1.165) is 5.71 Å². The van der Waals surface area contributed by atoms with Gasteiger partial charge in [0.25, 0.3) is 5.91 Å². The van der Waals surface area contributed by atoms with Crippen molar-refractivity contribution in [3.05, 3.63) is 0 Å². The number of nitrogens with zero attached hydrogens (tertiary/aromatic N) is 1. The fourth-order valence-corrected chi connectivity index (χ4v) is 1.22. The first-order chi connectivity index (χ1) is 10.1. The van der Waals surface area contributed by atoms with Crippen LogP contribution in [0.4, 0.5) is 0 Å². The molecule has 0 saturated heterocycles. The standard InChI is InChI=1S/C14H26N2O5/c1-4-13(17)5-7-19-9-10-20-8-6-15-14(18)11-21-16-12(2)3/h4-11H2,1-3H3,(H,15,18). The second-order valence-electron chi connectivity index (χ2n) is 4.53. The number of rotatable bonds is 13. The Morgan fingerprint density at radius 2 is 1.71 bits per heavy atom. The van der Waals surface area contributed by atoms with Gasteiger partial charge in [-0.25, -0.2) is 0 Å². The number of hydrogen-bond donors (Lipinski definition) is 1. The lowest BCUT2D eigenvalue weighted by atomic mass is 10.2. The van der Waals surface area contributed by atoms with Crippen LogP contribution in [0, 0.1) is 0 Å². The molecule has 0 atom stereocenters. The molecule has 7 nitrogen and oxygen atoms in total. The van der Waals surface area contributed by atoms with Gasteiger partial charge in [-0.3, -0.25) is 9.59 Å². The summed E-state index contributed by atoms with van der Waals surface area (Å²) in [4.78, 5) is 27.1. The first-order valence-electron chi connectivity index (χ1n) is 7.13. The molecular formula is C14H26N2O5. The summed E-state index contributed by atoms with van der Waals surface area (Å²) in [5, 5.41) is 6.29. The molecule has 0 heterocycles. The third-order valence-corrected chi connectivity index (χ3v) is 2.30. The van der Waals surface area contributed by atoms with Crippen LogP contribution in [0.2, 0.25) is 0 Å². The number of ether oxygens (including phenoxy) is 2. The van der Waals surface area contributed by atoms with Crippen LogP contribution in [0.3, 0.4) is 0 Å². The molecule has 0 aromatic carbocycles. The van der Waals surface area contributed by atoms with Crippen molar-refractivity contribution >= 4 is 17.4 Å². The number of carbonyl (C=O) groups excluding carboxylic acids is 2. The Labute approximate surface area is 126 Å². The third kappa shape index (κ3) is 14.7. The molecule has 0 bridgehead atoms. The highest BCUT2D eigenvalue weighted by molar-refractivity contribution is 5.79. The Hall–Kier alpha value is -1.47. The molecule has 0 radical (unpaired) electrons. The lowest BCUT2D eigenvalue weighted by Gasteiger charge is -2.06. The van der Waals surface area contributed by atoms with E-state index in [9.17, 15) is 9.59 Å². The minimum atomic E-state index is -0.238. The Morgan fingerprint density at radius 3 is 2.33 bits per heavy atom. The Bertz CT molecular complexity index is 327. The zero-order chi connectivity index (χ0) is 15.9. The number of carbonyl (C=O) groups is 2. The van der Waals surface area contributed by atoms with Gasteiger partial charge in [0.05, 0.1) is 32.1 Å². The van der Waals surface area contributed by atoms with Crippen LogP contribution < -0.4 is 5.32 Å². The van der Waals surface area contributed by atoms with Crippen LogP contribution in [0.5, 0.6) is 0 Å². The molecular weight excluding hydrogens is 276 g/mol. The van der Waals surface area contributed by atoms with Gasteiger partial charge in [0.1, 0.15) is 5.78 Å². The maximum absolute atomic E-state index is 11.3. The Kier molecular flexibility index (Phi) is 12.6. The van der Waals surface area contributed by atoms with Crippen molar-refractivity contribution in [2.45, 2.75) is 33.6 Å². The minimum Gasteiger partial charge on any atom is -0.386 e. The van der Waals surface area contributed by atoms with E-state index in [-0.39, 0.29) is 18.3 Å². The summed E-state index contributed by atoms with van der Waals surface area (Å²) in [7, 11) is 0. The summed E-state index contributed by atoms with van der Waals surface area (Å²) < 4.78 is 10.5. The smallest absolute Gasteiger partial charge is 0.260 e. The second kappa shape index (κ2) is 13.5. The van der Waals surface area contributed by atoms with E-state index in [1.165, 1.54) is 0 Å². The van der Waals surface area contributed by atoms with Gasteiger partial charge in [0, 0.05) is 19.4 Å². The predicted octanol–water partition coefficient (Wildman–Crippen LogP) is 0.917. The number of nitrogens with one attached hydrogen (secondary N) is 1. The molecule has 0 fully saturated rings. The van der Waals surface area contributed by atoms with E-state index in [4.69, 9.17) is 14.3 Å². The van der Waals surface area contributed by atoms with Crippen molar-refractivity contribution in [1.82, 2.24) is 5.32 Å². The Morgan fingerprint density at radius 1 is 1.05 bits per heavy atom. The van der Waals surface area contributed by atoms with Crippen LogP contribution in [0.25, 0.3) is 0 Å². The summed E-state index contributed by atoms with van der Waals surface area (Å²) in [6, 6.07) is 0. The van der Waals surface area contributed by atoms with E-state index in [0.29, 0.717) is 45.8 Å².